The Morgan fingerprint density at radius 3 is 2.81 bits per heavy atom. The van der Waals surface area contributed by atoms with Crippen LogP contribution in [0.4, 0.5) is 0 Å². The van der Waals surface area contributed by atoms with Crippen LogP contribution in [0, 0.1) is 0 Å². The van der Waals surface area contributed by atoms with E-state index >= 15 is 0 Å². The number of carboxylic acids is 1. The summed E-state index contributed by atoms with van der Waals surface area (Å²) in [6.07, 6.45) is 1.74. The number of hydrogen-bond acceptors (Lipinski definition) is 5. The predicted molar refractivity (Wildman–Crippen MR) is 80.2 cm³/mol. The van der Waals surface area contributed by atoms with Crippen LogP contribution in [0.25, 0.3) is 0 Å². The molecule has 0 aliphatic rings. The quantitative estimate of drug-likeness (QED) is 0.848. The van der Waals surface area contributed by atoms with Gasteiger partial charge in [0.25, 0.3) is 0 Å². The standard InChI is InChI=1S/C15H18N2O3S/c1-11(2)17(10-14(18)19)9-12-6-7-15(20-12)21-13-5-3-4-8-16-13/h3-8,11H,9-10H2,1-2H3,(H,18,19). The van der Waals surface area contributed by atoms with Crippen molar-refractivity contribution in [3.63, 3.8) is 0 Å². The van der Waals surface area contributed by atoms with E-state index in [1.165, 1.54) is 11.8 Å². The Kier molecular flexibility index (Phi) is 5.41. The Morgan fingerprint density at radius 2 is 2.19 bits per heavy atom. The lowest BCUT2D eigenvalue weighted by molar-refractivity contribution is -0.139. The number of rotatable bonds is 7. The minimum absolute atomic E-state index is 0.00108. The van der Waals surface area contributed by atoms with Crippen LogP contribution in [0.5, 0.6) is 0 Å². The van der Waals surface area contributed by atoms with Crippen molar-refractivity contribution in [1.82, 2.24) is 9.88 Å². The van der Waals surface area contributed by atoms with Gasteiger partial charge in [0.2, 0.25) is 0 Å². The topological polar surface area (TPSA) is 66.6 Å². The Bertz CT molecular complexity index is 584. The molecule has 5 nitrogen and oxygen atoms in total. The minimum atomic E-state index is -0.835. The van der Waals surface area contributed by atoms with E-state index in [9.17, 15) is 4.79 Å². The Morgan fingerprint density at radius 1 is 1.38 bits per heavy atom. The van der Waals surface area contributed by atoms with Gasteiger partial charge in [0, 0.05) is 12.2 Å². The lowest BCUT2D eigenvalue weighted by Crippen LogP contribution is -2.34. The lowest BCUT2D eigenvalue weighted by atomic mass is 10.3. The molecule has 0 aliphatic heterocycles. The molecule has 2 aromatic rings. The second kappa shape index (κ2) is 7.28. The van der Waals surface area contributed by atoms with E-state index < -0.39 is 5.97 Å². The molecule has 0 amide bonds. The number of hydrogen-bond donors (Lipinski definition) is 1. The van der Waals surface area contributed by atoms with Crippen molar-refractivity contribution in [1.29, 1.82) is 0 Å². The van der Waals surface area contributed by atoms with Gasteiger partial charge in [-0.3, -0.25) is 9.69 Å². The normalized spacial score (nSPS) is 11.2. The van der Waals surface area contributed by atoms with Gasteiger partial charge in [0.05, 0.1) is 13.1 Å². The first-order valence-electron chi connectivity index (χ1n) is 6.68. The van der Waals surface area contributed by atoms with Gasteiger partial charge >= 0.3 is 5.97 Å². The molecule has 2 aromatic heterocycles. The first kappa shape index (κ1) is 15.6. The van der Waals surface area contributed by atoms with Crippen molar-refractivity contribution in [2.45, 2.75) is 36.6 Å². The zero-order valence-electron chi connectivity index (χ0n) is 12.0. The molecule has 0 atom stereocenters. The summed E-state index contributed by atoms with van der Waals surface area (Å²) in [6.45, 7) is 4.42. The molecule has 1 N–H and O–H groups in total. The van der Waals surface area contributed by atoms with Crippen LogP contribution in [0.2, 0.25) is 0 Å². The maximum absolute atomic E-state index is 10.9. The lowest BCUT2D eigenvalue weighted by Gasteiger charge is -2.23. The summed E-state index contributed by atoms with van der Waals surface area (Å²) in [5.74, 6) is -0.0817. The summed E-state index contributed by atoms with van der Waals surface area (Å²) >= 11 is 1.45. The number of carbonyl (C=O) groups is 1. The number of nitrogens with zero attached hydrogens (tertiary/aromatic N) is 2. The predicted octanol–water partition coefficient (Wildman–Crippen LogP) is 3.12. The molecule has 0 fully saturated rings. The van der Waals surface area contributed by atoms with E-state index in [0.717, 1.165) is 15.9 Å². The summed E-state index contributed by atoms with van der Waals surface area (Å²) in [5, 5.41) is 10.5. The van der Waals surface area contributed by atoms with E-state index in [-0.39, 0.29) is 12.6 Å². The average molecular weight is 306 g/mol. The van der Waals surface area contributed by atoms with Crippen molar-refractivity contribution >= 4 is 17.7 Å². The van der Waals surface area contributed by atoms with E-state index in [1.54, 1.807) is 6.20 Å². The van der Waals surface area contributed by atoms with Crippen molar-refractivity contribution < 1.29 is 14.3 Å². The second-order valence-electron chi connectivity index (χ2n) is 4.88. The molecule has 0 saturated carbocycles. The highest BCUT2D eigenvalue weighted by Gasteiger charge is 2.16. The number of pyridine rings is 1. The summed E-state index contributed by atoms with van der Waals surface area (Å²) in [6, 6.07) is 9.60. The van der Waals surface area contributed by atoms with Gasteiger partial charge in [-0.25, -0.2) is 4.98 Å². The molecule has 6 heteroatoms. The Balaban J connectivity index is 2.00. The van der Waals surface area contributed by atoms with Crippen molar-refractivity contribution in [2.24, 2.45) is 0 Å². The van der Waals surface area contributed by atoms with Crippen LogP contribution >= 0.6 is 11.8 Å². The first-order chi connectivity index (χ1) is 10.0. The van der Waals surface area contributed by atoms with Crippen molar-refractivity contribution in [3.8, 4) is 0 Å². The summed E-state index contributed by atoms with van der Waals surface area (Å²) in [7, 11) is 0. The van der Waals surface area contributed by atoms with Crippen LogP contribution in [-0.2, 0) is 11.3 Å². The maximum atomic E-state index is 10.9. The van der Waals surface area contributed by atoms with Crippen molar-refractivity contribution in [3.05, 3.63) is 42.3 Å². The molecular formula is C15H18N2O3S. The fraction of sp³-hybridized carbons (Fsp3) is 0.333. The number of aliphatic carboxylic acids is 1. The Hall–Kier alpha value is -1.79. The molecule has 0 aliphatic carbocycles. The monoisotopic (exact) mass is 306 g/mol. The third-order valence-corrected chi connectivity index (χ3v) is 3.78. The molecule has 0 radical (unpaired) electrons. The number of carboxylic acid groups (broad SMARTS) is 1. The fourth-order valence-corrected chi connectivity index (χ4v) is 2.55. The van der Waals surface area contributed by atoms with E-state index in [4.69, 9.17) is 9.52 Å². The van der Waals surface area contributed by atoms with Crippen LogP contribution in [0.3, 0.4) is 0 Å². The smallest absolute Gasteiger partial charge is 0.317 e. The molecule has 0 unspecified atom stereocenters. The molecule has 112 valence electrons. The highest BCUT2D eigenvalue weighted by molar-refractivity contribution is 7.99. The molecule has 0 spiro atoms. The first-order valence-corrected chi connectivity index (χ1v) is 7.49. The summed E-state index contributed by atoms with van der Waals surface area (Å²) < 4.78 is 5.74. The molecule has 0 aromatic carbocycles. The third-order valence-electron chi connectivity index (χ3n) is 2.91. The van der Waals surface area contributed by atoms with Gasteiger partial charge in [-0.05, 0) is 49.9 Å². The highest BCUT2D eigenvalue weighted by Crippen LogP contribution is 2.27. The van der Waals surface area contributed by atoms with Gasteiger partial charge in [-0.2, -0.15) is 0 Å². The maximum Gasteiger partial charge on any atom is 0.317 e. The third kappa shape index (κ3) is 4.91. The SMILES string of the molecule is CC(C)N(CC(=O)O)Cc1ccc(Sc2ccccn2)o1. The van der Waals surface area contributed by atoms with E-state index in [0.29, 0.717) is 6.54 Å². The van der Waals surface area contributed by atoms with Crippen molar-refractivity contribution in [2.75, 3.05) is 6.54 Å². The fourth-order valence-electron chi connectivity index (χ4n) is 1.80. The minimum Gasteiger partial charge on any atom is -0.480 e. The number of furan rings is 1. The zero-order chi connectivity index (χ0) is 15.2. The Labute approximate surface area is 128 Å². The van der Waals surface area contributed by atoms with Gasteiger partial charge in [0.15, 0.2) is 5.09 Å². The zero-order valence-corrected chi connectivity index (χ0v) is 12.8. The summed E-state index contributed by atoms with van der Waals surface area (Å²) in [5.41, 5.74) is 0. The van der Waals surface area contributed by atoms with Gasteiger partial charge in [0.1, 0.15) is 10.8 Å². The van der Waals surface area contributed by atoms with Gasteiger partial charge < -0.3 is 9.52 Å². The van der Waals surface area contributed by atoms with Gasteiger partial charge in [-0.15, -0.1) is 0 Å². The number of aromatic nitrogens is 1. The molecule has 2 rings (SSSR count). The average Bonchev–Trinajstić information content (AvgIpc) is 2.86. The molecule has 21 heavy (non-hydrogen) atoms. The summed E-state index contributed by atoms with van der Waals surface area (Å²) in [4.78, 5) is 16.9. The largest absolute Gasteiger partial charge is 0.480 e. The van der Waals surface area contributed by atoms with Crippen LogP contribution in [0.15, 0.2) is 51.1 Å². The van der Waals surface area contributed by atoms with Crippen LogP contribution in [-0.4, -0.2) is 33.5 Å². The molecule has 2 heterocycles. The second-order valence-corrected chi connectivity index (χ2v) is 5.91. The van der Waals surface area contributed by atoms with E-state index in [1.807, 2.05) is 49.1 Å². The molecular weight excluding hydrogens is 288 g/mol. The molecule has 0 bridgehead atoms. The van der Waals surface area contributed by atoms with E-state index in [2.05, 4.69) is 4.98 Å². The van der Waals surface area contributed by atoms with Gasteiger partial charge in [-0.1, -0.05) is 6.07 Å². The van der Waals surface area contributed by atoms with Crippen LogP contribution in [0.1, 0.15) is 19.6 Å². The van der Waals surface area contributed by atoms with Crippen LogP contribution < -0.4 is 0 Å². The highest BCUT2D eigenvalue weighted by atomic mass is 32.2. The molecule has 0 saturated heterocycles.